The lowest BCUT2D eigenvalue weighted by atomic mass is 10.2. The van der Waals surface area contributed by atoms with E-state index in [0.29, 0.717) is 29.4 Å². The van der Waals surface area contributed by atoms with Crippen molar-refractivity contribution in [3.8, 4) is 5.69 Å². The Hall–Kier alpha value is -3.80. The number of rotatable bonds is 8. The van der Waals surface area contributed by atoms with Crippen LogP contribution in [0.25, 0.3) is 5.69 Å². The van der Waals surface area contributed by atoms with E-state index >= 15 is 0 Å². The van der Waals surface area contributed by atoms with Crippen molar-refractivity contribution in [3.05, 3.63) is 59.9 Å². The minimum Gasteiger partial charge on any atom is -0.326 e. The normalized spacial score (nSPS) is 11.5. The van der Waals surface area contributed by atoms with Crippen LogP contribution in [-0.4, -0.2) is 50.0 Å². The summed E-state index contributed by atoms with van der Waals surface area (Å²) in [5, 5.41) is 16.8. The third kappa shape index (κ3) is 6.59. The number of halogens is 3. The molecular formula is C21H22F3N7O2. The summed E-state index contributed by atoms with van der Waals surface area (Å²) in [6.45, 7) is 4.03. The topological polar surface area (TPSA) is 105 Å². The first-order valence-electron chi connectivity index (χ1n) is 10.0. The first-order chi connectivity index (χ1) is 15.7. The van der Waals surface area contributed by atoms with Gasteiger partial charge in [0.2, 0.25) is 11.8 Å². The lowest BCUT2D eigenvalue weighted by molar-refractivity contribution is -0.137. The molecule has 0 saturated carbocycles. The molecule has 0 spiro atoms. The molecule has 0 bridgehead atoms. The van der Waals surface area contributed by atoms with Crippen LogP contribution in [0.2, 0.25) is 0 Å². The van der Waals surface area contributed by atoms with Crippen molar-refractivity contribution in [2.24, 2.45) is 0 Å². The van der Waals surface area contributed by atoms with E-state index in [4.69, 9.17) is 0 Å². The Kier molecular flexibility index (Phi) is 7.38. The monoisotopic (exact) mass is 461 g/mol. The van der Waals surface area contributed by atoms with E-state index in [1.54, 1.807) is 29.2 Å². The number of amides is 2. The quantitative estimate of drug-likeness (QED) is 0.534. The highest BCUT2D eigenvalue weighted by Gasteiger charge is 2.30. The first-order valence-corrected chi connectivity index (χ1v) is 10.0. The zero-order valence-corrected chi connectivity index (χ0v) is 17.9. The van der Waals surface area contributed by atoms with E-state index in [2.05, 4.69) is 26.2 Å². The predicted molar refractivity (Wildman–Crippen MR) is 114 cm³/mol. The maximum atomic E-state index is 12.8. The molecule has 12 heteroatoms. The molecule has 174 valence electrons. The number of likely N-dealkylation sites (N-methyl/N-ethyl adjacent to an activating group) is 1. The van der Waals surface area contributed by atoms with Crippen LogP contribution in [0.5, 0.6) is 0 Å². The summed E-state index contributed by atoms with van der Waals surface area (Å²) in [5.41, 5.74) is 0.797. The van der Waals surface area contributed by atoms with Gasteiger partial charge in [-0.1, -0.05) is 6.92 Å². The van der Waals surface area contributed by atoms with Gasteiger partial charge in [-0.05, 0) is 65.5 Å². The standard InChI is InChI=1S/C21H22F3N7O2/c1-3-30(13-20(33)26-17-8-6-16(7-9-17)25-14(2)32)12-19-27-28-29-31(19)18-10-4-15(5-11-18)21(22,23)24/h4-11H,3,12-13H2,1-2H3,(H,25,32)(H,26,33). The van der Waals surface area contributed by atoms with Crippen LogP contribution in [-0.2, 0) is 22.3 Å². The summed E-state index contributed by atoms with van der Waals surface area (Å²) in [5.74, 6) is -0.0780. The Labute approximate surface area is 187 Å². The van der Waals surface area contributed by atoms with Gasteiger partial charge < -0.3 is 10.6 Å². The van der Waals surface area contributed by atoms with E-state index in [0.717, 1.165) is 12.1 Å². The van der Waals surface area contributed by atoms with Gasteiger partial charge in [0.1, 0.15) is 0 Å². The highest BCUT2D eigenvalue weighted by molar-refractivity contribution is 5.93. The molecule has 2 N–H and O–H groups in total. The molecule has 3 rings (SSSR count). The smallest absolute Gasteiger partial charge is 0.326 e. The molecule has 0 fully saturated rings. The highest BCUT2D eigenvalue weighted by atomic mass is 19.4. The first kappa shape index (κ1) is 23.9. The van der Waals surface area contributed by atoms with Crippen molar-refractivity contribution in [2.45, 2.75) is 26.6 Å². The summed E-state index contributed by atoms with van der Waals surface area (Å²) in [4.78, 5) is 25.3. The number of anilines is 2. The molecule has 0 saturated heterocycles. The summed E-state index contributed by atoms with van der Waals surface area (Å²) < 4.78 is 39.7. The van der Waals surface area contributed by atoms with Crippen LogP contribution in [0, 0.1) is 0 Å². The molecule has 0 unspecified atom stereocenters. The summed E-state index contributed by atoms with van der Waals surface area (Å²) >= 11 is 0. The van der Waals surface area contributed by atoms with Crippen LogP contribution in [0.3, 0.4) is 0 Å². The van der Waals surface area contributed by atoms with Crippen molar-refractivity contribution in [1.82, 2.24) is 25.1 Å². The minimum atomic E-state index is -4.43. The van der Waals surface area contributed by atoms with Gasteiger partial charge in [0.15, 0.2) is 5.82 Å². The number of aromatic nitrogens is 4. The van der Waals surface area contributed by atoms with E-state index in [1.165, 1.54) is 23.7 Å². The molecule has 0 aliphatic carbocycles. The Morgan fingerprint density at radius 1 is 1.00 bits per heavy atom. The predicted octanol–water partition coefficient (Wildman–Crippen LogP) is 3.10. The number of tetrazole rings is 1. The van der Waals surface area contributed by atoms with Crippen LogP contribution in [0.4, 0.5) is 24.5 Å². The van der Waals surface area contributed by atoms with Crippen molar-refractivity contribution in [3.63, 3.8) is 0 Å². The summed E-state index contributed by atoms with van der Waals surface area (Å²) in [7, 11) is 0. The number of carbonyl (C=O) groups excluding carboxylic acids is 2. The van der Waals surface area contributed by atoms with Crippen LogP contribution in [0.15, 0.2) is 48.5 Å². The maximum absolute atomic E-state index is 12.8. The molecule has 1 aromatic heterocycles. The van der Waals surface area contributed by atoms with Gasteiger partial charge in [0.25, 0.3) is 0 Å². The van der Waals surface area contributed by atoms with Crippen LogP contribution < -0.4 is 10.6 Å². The molecule has 0 aliphatic rings. The largest absolute Gasteiger partial charge is 0.416 e. The van der Waals surface area contributed by atoms with Gasteiger partial charge in [-0.25, -0.2) is 0 Å². The van der Waals surface area contributed by atoms with Gasteiger partial charge in [0, 0.05) is 18.3 Å². The van der Waals surface area contributed by atoms with Crippen molar-refractivity contribution in [1.29, 1.82) is 0 Å². The Balaban J connectivity index is 1.63. The fraction of sp³-hybridized carbons (Fsp3) is 0.286. The fourth-order valence-corrected chi connectivity index (χ4v) is 3.02. The number of hydrogen-bond acceptors (Lipinski definition) is 6. The Morgan fingerprint density at radius 3 is 2.15 bits per heavy atom. The zero-order chi connectivity index (χ0) is 24.0. The SMILES string of the molecule is CCN(CC(=O)Nc1ccc(NC(C)=O)cc1)Cc1nnnn1-c1ccc(C(F)(F)F)cc1. The third-order valence-electron chi connectivity index (χ3n) is 4.64. The van der Waals surface area contributed by atoms with Gasteiger partial charge in [0.05, 0.1) is 24.3 Å². The molecule has 2 aromatic carbocycles. The molecule has 9 nitrogen and oxygen atoms in total. The third-order valence-corrected chi connectivity index (χ3v) is 4.64. The second kappa shape index (κ2) is 10.2. The molecule has 0 atom stereocenters. The number of nitrogens with one attached hydrogen (secondary N) is 2. The van der Waals surface area contributed by atoms with Gasteiger partial charge in [-0.2, -0.15) is 17.9 Å². The van der Waals surface area contributed by atoms with Gasteiger partial charge in [-0.3, -0.25) is 14.5 Å². The molecular weight excluding hydrogens is 439 g/mol. The fourth-order valence-electron chi connectivity index (χ4n) is 3.02. The van der Waals surface area contributed by atoms with Crippen molar-refractivity contribution in [2.75, 3.05) is 23.7 Å². The number of alkyl halides is 3. The lowest BCUT2D eigenvalue weighted by Gasteiger charge is -2.19. The molecule has 1 heterocycles. The number of carbonyl (C=O) groups is 2. The zero-order valence-electron chi connectivity index (χ0n) is 17.9. The number of nitrogens with zero attached hydrogens (tertiary/aromatic N) is 5. The molecule has 0 radical (unpaired) electrons. The van der Waals surface area contributed by atoms with E-state index in [1.807, 2.05) is 6.92 Å². The van der Waals surface area contributed by atoms with Crippen LogP contribution >= 0.6 is 0 Å². The van der Waals surface area contributed by atoms with Gasteiger partial charge in [-0.15, -0.1) is 5.10 Å². The number of hydrogen-bond donors (Lipinski definition) is 2. The van der Waals surface area contributed by atoms with Crippen LogP contribution in [0.1, 0.15) is 25.2 Å². The second-order valence-electron chi connectivity index (χ2n) is 7.16. The number of benzene rings is 2. The maximum Gasteiger partial charge on any atom is 0.416 e. The summed E-state index contributed by atoms with van der Waals surface area (Å²) in [6.07, 6.45) is -4.43. The van der Waals surface area contributed by atoms with E-state index in [-0.39, 0.29) is 24.9 Å². The van der Waals surface area contributed by atoms with Crippen molar-refractivity contribution < 1.29 is 22.8 Å². The lowest BCUT2D eigenvalue weighted by Crippen LogP contribution is -2.33. The average molecular weight is 461 g/mol. The Morgan fingerprint density at radius 2 is 1.61 bits per heavy atom. The summed E-state index contributed by atoms with van der Waals surface area (Å²) in [6, 6.07) is 11.2. The molecule has 0 aliphatic heterocycles. The van der Waals surface area contributed by atoms with E-state index < -0.39 is 11.7 Å². The second-order valence-corrected chi connectivity index (χ2v) is 7.16. The molecule has 3 aromatic rings. The van der Waals surface area contributed by atoms with Gasteiger partial charge >= 0.3 is 6.18 Å². The Bertz CT molecular complexity index is 1100. The average Bonchev–Trinajstić information content (AvgIpc) is 3.22. The van der Waals surface area contributed by atoms with Crippen molar-refractivity contribution >= 4 is 23.2 Å². The molecule has 33 heavy (non-hydrogen) atoms. The highest BCUT2D eigenvalue weighted by Crippen LogP contribution is 2.29. The minimum absolute atomic E-state index is 0.0455. The molecule has 2 amide bonds. The van der Waals surface area contributed by atoms with E-state index in [9.17, 15) is 22.8 Å².